The third-order valence-electron chi connectivity index (χ3n) is 5.30. The Balaban J connectivity index is 1.52. The summed E-state index contributed by atoms with van der Waals surface area (Å²) in [6, 6.07) is 6.33. The van der Waals surface area contributed by atoms with Crippen LogP contribution in [0.1, 0.15) is 30.9 Å². The average molecular weight is 316 g/mol. The summed E-state index contributed by atoms with van der Waals surface area (Å²) in [4.78, 5) is 14.6. The SMILES string of the molecule is Cc1ccc(C)c(OC2CCN(C(=O)C(C)C3CNC3)CC2)c1. The molecule has 1 unspecified atom stereocenters. The van der Waals surface area contributed by atoms with Crippen molar-refractivity contribution >= 4 is 5.91 Å². The molecule has 23 heavy (non-hydrogen) atoms. The molecule has 0 aliphatic carbocycles. The van der Waals surface area contributed by atoms with Crippen LogP contribution in [-0.4, -0.2) is 43.1 Å². The van der Waals surface area contributed by atoms with E-state index in [2.05, 4.69) is 44.3 Å². The zero-order valence-corrected chi connectivity index (χ0v) is 14.5. The van der Waals surface area contributed by atoms with Crippen molar-refractivity contribution in [3.05, 3.63) is 29.3 Å². The number of ether oxygens (including phenoxy) is 1. The number of piperidine rings is 1. The van der Waals surface area contributed by atoms with E-state index < -0.39 is 0 Å². The summed E-state index contributed by atoms with van der Waals surface area (Å²) in [6.07, 6.45) is 2.07. The molecule has 2 heterocycles. The summed E-state index contributed by atoms with van der Waals surface area (Å²) in [5, 5.41) is 3.25. The van der Waals surface area contributed by atoms with E-state index in [1.165, 1.54) is 11.1 Å². The maximum Gasteiger partial charge on any atom is 0.225 e. The molecule has 1 aromatic carbocycles. The molecule has 1 atom stereocenters. The Morgan fingerprint density at radius 1 is 1.26 bits per heavy atom. The molecule has 3 rings (SSSR count). The molecule has 4 nitrogen and oxygen atoms in total. The number of likely N-dealkylation sites (tertiary alicyclic amines) is 1. The highest BCUT2D eigenvalue weighted by Gasteiger charge is 2.33. The number of rotatable bonds is 4. The number of nitrogens with one attached hydrogen (secondary N) is 1. The standard InChI is InChI=1S/C19H28N2O2/c1-13-4-5-14(2)18(10-13)23-17-6-8-21(9-7-17)19(22)15(3)16-11-20-12-16/h4-5,10,15-17,20H,6-9,11-12H2,1-3H3. The van der Waals surface area contributed by atoms with E-state index >= 15 is 0 Å². The second-order valence-electron chi connectivity index (χ2n) is 7.12. The minimum Gasteiger partial charge on any atom is -0.490 e. The molecule has 2 aliphatic heterocycles. The Morgan fingerprint density at radius 2 is 1.96 bits per heavy atom. The third-order valence-corrected chi connectivity index (χ3v) is 5.30. The summed E-state index contributed by atoms with van der Waals surface area (Å²) in [6.45, 7) is 9.86. The highest BCUT2D eigenvalue weighted by Crippen LogP contribution is 2.25. The molecular weight excluding hydrogens is 288 g/mol. The van der Waals surface area contributed by atoms with Gasteiger partial charge in [-0.1, -0.05) is 19.1 Å². The van der Waals surface area contributed by atoms with Crippen LogP contribution in [0.4, 0.5) is 0 Å². The van der Waals surface area contributed by atoms with Gasteiger partial charge >= 0.3 is 0 Å². The predicted molar refractivity (Wildman–Crippen MR) is 91.7 cm³/mol. The van der Waals surface area contributed by atoms with Crippen molar-refractivity contribution in [3.8, 4) is 5.75 Å². The van der Waals surface area contributed by atoms with Gasteiger partial charge in [-0.3, -0.25) is 4.79 Å². The van der Waals surface area contributed by atoms with Crippen LogP contribution in [0.5, 0.6) is 5.75 Å². The first-order chi connectivity index (χ1) is 11.0. The zero-order valence-electron chi connectivity index (χ0n) is 14.5. The number of amides is 1. The molecule has 1 amide bonds. The van der Waals surface area contributed by atoms with Crippen LogP contribution in [0.3, 0.4) is 0 Å². The first-order valence-corrected chi connectivity index (χ1v) is 8.78. The van der Waals surface area contributed by atoms with Gasteiger partial charge < -0.3 is 15.0 Å². The summed E-state index contributed by atoms with van der Waals surface area (Å²) in [5.74, 6) is 1.98. The van der Waals surface area contributed by atoms with Crippen LogP contribution in [0.15, 0.2) is 18.2 Å². The van der Waals surface area contributed by atoms with E-state index in [9.17, 15) is 4.79 Å². The van der Waals surface area contributed by atoms with Crippen molar-refractivity contribution < 1.29 is 9.53 Å². The maximum atomic E-state index is 12.6. The summed E-state index contributed by atoms with van der Waals surface area (Å²) in [5.41, 5.74) is 2.40. The highest BCUT2D eigenvalue weighted by atomic mass is 16.5. The molecule has 0 aromatic heterocycles. The van der Waals surface area contributed by atoms with Gasteiger partial charge in [0.15, 0.2) is 0 Å². The van der Waals surface area contributed by atoms with Crippen molar-refractivity contribution in [3.63, 3.8) is 0 Å². The van der Waals surface area contributed by atoms with Crippen LogP contribution < -0.4 is 10.1 Å². The lowest BCUT2D eigenvalue weighted by Crippen LogP contribution is -2.52. The van der Waals surface area contributed by atoms with E-state index in [1.807, 2.05) is 4.90 Å². The van der Waals surface area contributed by atoms with Crippen LogP contribution in [0.25, 0.3) is 0 Å². The quantitative estimate of drug-likeness (QED) is 0.928. The molecule has 2 saturated heterocycles. The highest BCUT2D eigenvalue weighted by molar-refractivity contribution is 5.79. The van der Waals surface area contributed by atoms with Crippen molar-refractivity contribution in [2.75, 3.05) is 26.2 Å². The van der Waals surface area contributed by atoms with Crippen LogP contribution in [0, 0.1) is 25.7 Å². The minimum atomic E-state index is 0.146. The number of nitrogens with zero attached hydrogens (tertiary/aromatic N) is 1. The maximum absolute atomic E-state index is 12.6. The molecule has 0 radical (unpaired) electrons. The number of aryl methyl sites for hydroxylation is 2. The van der Waals surface area contributed by atoms with Crippen molar-refractivity contribution in [1.29, 1.82) is 0 Å². The number of carbonyl (C=O) groups is 1. The Kier molecular flexibility index (Phi) is 4.90. The normalized spacial score (nSPS) is 20.9. The number of benzene rings is 1. The van der Waals surface area contributed by atoms with E-state index in [1.54, 1.807) is 0 Å². The molecular formula is C19H28N2O2. The zero-order chi connectivity index (χ0) is 16.4. The van der Waals surface area contributed by atoms with E-state index in [4.69, 9.17) is 4.74 Å². The first-order valence-electron chi connectivity index (χ1n) is 8.78. The summed E-state index contributed by atoms with van der Waals surface area (Å²) >= 11 is 0. The van der Waals surface area contributed by atoms with Crippen molar-refractivity contribution in [2.45, 2.75) is 39.7 Å². The van der Waals surface area contributed by atoms with Gasteiger partial charge in [0.2, 0.25) is 5.91 Å². The molecule has 2 fully saturated rings. The Hall–Kier alpha value is -1.55. The van der Waals surface area contributed by atoms with Gasteiger partial charge in [0.05, 0.1) is 0 Å². The minimum absolute atomic E-state index is 0.146. The van der Waals surface area contributed by atoms with Crippen LogP contribution >= 0.6 is 0 Å². The van der Waals surface area contributed by atoms with Crippen LogP contribution in [-0.2, 0) is 4.79 Å². The predicted octanol–water partition coefficient (Wildman–Crippen LogP) is 2.53. The second kappa shape index (κ2) is 6.91. The fraction of sp³-hybridized carbons (Fsp3) is 0.632. The molecule has 2 aliphatic rings. The van der Waals surface area contributed by atoms with E-state index in [0.717, 1.165) is 44.8 Å². The smallest absolute Gasteiger partial charge is 0.225 e. The Labute approximate surface area is 139 Å². The topological polar surface area (TPSA) is 41.6 Å². The Morgan fingerprint density at radius 3 is 2.57 bits per heavy atom. The van der Waals surface area contributed by atoms with Gasteiger partial charge in [-0.25, -0.2) is 0 Å². The van der Waals surface area contributed by atoms with Gasteiger partial charge in [-0.05, 0) is 50.0 Å². The van der Waals surface area contributed by atoms with Gasteiger partial charge in [-0.2, -0.15) is 0 Å². The van der Waals surface area contributed by atoms with Crippen molar-refractivity contribution in [1.82, 2.24) is 10.2 Å². The average Bonchev–Trinajstić information content (AvgIpc) is 2.49. The molecule has 0 saturated carbocycles. The van der Waals surface area contributed by atoms with E-state index in [0.29, 0.717) is 11.8 Å². The second-order valence-corrected chi connectivity index (χ2v) is 7.12. The van der Waals surface area contributed by atoms with Gasteiger partial charge in [0.1, 0.15) is 11.9 Å². The lowest BCUT2D eigenvalue weighted by Gasteiger charge is -2.38. The van der Waals surface area contributed by atoms with Crippen LogP contribution in [0.2, 0.25) is 0 Å². The third kappa shape index (κ3) is 3.69. The number of hydrogen-bond donors (Lipinski definition) is 1. The van der Waals surface area contributed by atoms with Gasteiger partial charge in [0, 0.05) is 31.8 Å². The molecule has 0 bridgehead atoms. The number of hydrogen-bond acceptors (Lipinski definition) is 3. The van der Waals surface area contributed by atoms with Crippen molar-refractivity contribution in [2.24, 2.45) is 11.8 Å². The molecule has 4 heteroatoms. The fourth-order valence-electron chi connectivity index (χ4n) is 3.36. The largest absolute Gasteiger partial charge is 0.490 e. The molecule has 1 aromatic rings. The number of carbonyl (C=O) groups excluding carboxylic acids is 1. The summed E-state index contributed by atoms with van der Waals surface area (Å²) in [7, 11) is 0. The molecule has 1 N–H and O–H groups in total. The molecule has 0 spiro atoms. The van der Waals surface area contributed by atoms with Gasteiger partial charge in [-0.15, -0.1) is 0 Å². The Bertz CT molecular complexity index is 560. The summed E-state index contributed by atoms with van der Waals surface area (Å²) < 4.78 is 6.19. The fourth-order valence-corrected chi connectivity index (χ4v) is 3.36. The lowest BCUT2D eigenvalue weighted by molar-refractivity contribution is -0.139. The lowest BCUT2D eigenvalue weighted by atomic mass is 9.87. The monoisotopic (exact) mass is 316 g/mol. The first kappa shape index (κ1) is 16.3. The van der Waals surface area contributed by atoms with Gasteiger partial charge in [0.25, 0.3) is 0 Å². The molecule has 126 valence electrons. The van der Waals surface area contributed by atoms with E-state index in [-0.39, 0.29) is 12.0 Å².